The van der Waals surface area contributed by atoms with Gasteiger partial charge in [0, 0.05) is 17.4 Å². The zero-order chi connectivity index (χ0) is 23.1. The maximum absolute atomic E-state index is 11.5. The summed E-state index contributed by atoms with van der Waals surface area (Å²) >= 11 is 1.66. The van der Waals surface area contributed by atoms with Gasteiger partial charge in [0.15, 0.2) is 5.82 Å². The molecule has 0 bridgehead atoms. The molecule has 0 atom stereocenters. The minimum atomic E-state index is -0.417. The second kappa shape index (κ2) is 8.21. The lowest BCUT2D eigenvalue weighted by Gasteiger charge is -2.18. The van der Waals surface area contributed by atoms with E-state index in [1.54, 1.807) is 24.8 Å². The van der Waals surface area contributed by atoms with E-state index in [1.165, 1.54) is 13.2 Å². The summed E-state index contributed by atoms with van der Waals surface area (Å²) in [6.07, 6.45) is 4.01. The number of hydrogen-bond acceptors (Lipinski definition) is 8. The lowest BCUT2D eigenvalue weighted by molar-refractivity contribution is -0.385. The van der Waals surface area contributed by atoms with E-state index < -0.39 is 4.92 Å². The molecule has 1 N–H and O–H groups in total. The molecular weight excluding hydrogens is 440 g/mol. The molecule has 0 spiro atoms. The van der Waals surface area contributed by atoms with Gasteiger partial charge in [0.05, 0.1) is 39.3 Å². The molecule has 0 amide bonds. The van der Waals surface area contributed by atoms with Gasteiger partial charge in [0.1, 0.15) is 11.6 Å². The summed E-state index contributed by atoms with van der Waals surface area (Å²) in [5.74, 6) is 3.12. The largest absolute Gasteiger partial charge is 0.495 e. The zero-order valence-electron chi connectivity index (χ0n) is 18.2. The number of rotatable bonds is 5. The van der Waals surface area contributed by atoms with Gasteiger partial charge < -0.3 is 10.1 Å². The van der Waals surface area contributed by atoms with E-state index in [2.05, 4.69) is 15.3 Å². The molecule has 0 fully saturated rings. The summed E-state index contributed by atoms with van der Waals surface area (Å²) in [7, 11) is 1.52. The van der Waals surface area contributed by atoms with Crippen LogP contribution in [0.4, 0.5) is 17.3 Å². The molecule has 10 heteroatoms. The van der Waals surface area contributed by atoms with E-state index in [0.717, 1.165) is 33.2 Å². The molecule has 166 valence electrons. The Kier molecular flexibility index (Phi) is 5.21. The number of nitrogens with one attached hydrogen (secondary N) is 1. The van der Waals surface area contributed by atoms with Crippen LogP contribution in [0.3, 0.4) is 0 Å². The van der Waals surface area contributed by atoms with Crippen molar-refractivity contribution in [1.82, 2.24) is 19.5 Å². The van der Waals surface area contributed by atoms with Crippen molar-refractivity contribution < 1.29 is 9.66 Å². The molecule has 33 heavy (non-hydrogen) atoms. The van der Waals surface area contributed by atoms with Gasteiger partial charge in [0.25, 0.3) is 5.69 Å². The molecular formula is C23H20N6O3S. The molecule has 1 aliphatic rings. The van der Waals surface area contributed by atoms with Gasteiger partial charge in [-0.3, -0.25) is 14.7 Å². The van der Waals surface area contributed by atoms with Gasteiger partial charge >= 0.3 is 0 Å². The monoisotopic (exact) mass is 460 g/mol. The number of hydrogen-bond donors (Lipinski definition) is 1. The Bertz CT molecular complexity index is 1450. The molecule has 0 saturated carbocycles. The third-order valence-corrected chi connectivity index (χ3v) is 6.41. The maximum Gasteiger partial charge on any atom is 0.274 e. The first-order chi connectivity index (χ1) is 16.0. The minimum absolute atomic E-state index is 0.0108. The van der Waals surface area contributed by atoms with Gasteiger partial charge in [0.2, 0.25) is 5.95 Å². The van der Waals surface area contributed by atoms with Crippen molar-refractivity contribution in [1.29, 1.82) is 0 Å². The Labute approximate surface area is 193 Å². The van der Waals surface area contributed by atoms with Crippen LogP contribution in [0.25, 0.3) is 22.9 Å². The summed E-state index contributed by atoms with van der Waals surface area (Å²) in [6, 6.07) is 11.0. The number of para-hydroxylation sites is 2. The predicted molar refractivity (Wildman–Crippen MR) is 129 cm³/mol. The number of aromatic nitrogens is 4. The van der Waals surface area contributed by atoms with Crippen LogP contribution in [-0.2, 0) is 0 Å². The Balaban J connectivity index is 1.69. The number of imidazole rings is 1. The third kappa shape index (κ3) is 3.68. The average Bonchev–Trinajstić information content (AvgIpc) is 3.14. The molecule has 0 aliphatic carbocycles. The number of thioether (sulfide) groups is 1. The number of benzene rings is 2. The van der Waals surface area contributed by atoms with Gasteiger partial charge in [-0.1, -0.05) is 18.2 Å². The fourth-order valence-corrected chi connectivity index (χ4v) is 4.76. The van der Waals surface area contributed by atoms with Crippen LogP contribution in [0, 0.1) is 24.0 Å². The van der Waals surface area contributed by atoms with Gasteiger partial charge in [-0.25, -0.2) is 9.97 Å². The van der Waals surface area contributed by atoms with Crippen LogP contribution in [0.5, 0.6) is 5.75 Å². The molecule has 2 aromatic heterocycles. The standard InChI is InChI=1S/C23H20N6O3S/c1-13-11-20(32-3)17(12-19(13)29(30)31)26-23-25-16-8-6-10-33-21(16)22(27-23)28-14(2)24-15-7-4-5-9-18(15)28/h4-9,11-12H,10H2,1-3H3,(H,25,26,27). The zero-order valence-corrected chi connectivity index (χ0v) is 19.0. The molecule has 0 radical (unpaired) electrons. The highest BCUT2D eigenvalue weighted by Crippen LogP contribution is 2.37. The number of anilines is 2. The first-order valence-corrected chi connectivity index (χ1v) is 11.2. The van der Waals surface area contributed by atoms with Crippen molar-refractivity contribution in [3.63, 3.8) is 0 Å². The molecule has 5 rings (SSSR count). The minimum Gasteiger partial charge on any atom is -0.495 e. The van der Waals surface area contributed by atoms with Crippen molar-refractivity contribution in [2.75, 3.05) is 18.2 Å². The highest BCUT2D eigenvalue weighted by Gasteiger charge is 2.22. The molecule has 9 nitrogen and oxygen atoms in total. The van der Waals surface area contributed by atoms with E-state index in [1.807, 2.05) is 47.9 Å². The van der Waals surface area contributed by atoms with Crippen molar-refractivity contribution in [3.8, 4) is 11.6 Å². The molecule has 0 saturated heterocycles. The van der Waals surface area contributed by atoms with Crippen molar-refractivity contribution in [3.05, 3.63) is 69.7 Å². The maximum atomic E-state index is 11.5. The van der Waals surface area contributed by atoms with E-state index >= 15 is 0 Å². The number of nitrogens with zero attached hydrogens (tertiary/aromatic N) is 5. The normalized spacial score (nSPS) is 12.6. The van der Waals surface area contributed by atoms with Crippen molar-refractivity contribution in [2.24, 2.45) is 0 Å². The van der Waals surface area contributed by atoms with Gasteiger partial charge in [-0.2, -0.15) is 4.98 Å². The Morgan fingerprint density at radius 2 is 2.00 bits per heavy atom. The lowest BCUT2D eigenvalue weighted by atomic mass is 10.1. The van der Waals surface area contributed by atoms with Crippen LogP contribution < -0.4 is 10.1 Å². The smallest absolute Gasteiger partial charge is 0.274 e. The van der Waals surface area contributed by atoms with Crippen molar-refractivity contribution in [2.45, 2.75) is 18.7 Å². The topological polar surface area (TPSA) is 108 Å². The van der Waals surface area contributed by atoms with E-state index in [-0.39, 0.29) is 5.69 Å². The number of methoxy groups -OCH3 is 1. The first kappa shape index (κ1) is 21.0. The highest BCUT2D eigenvalue weighted by molar-refractivity contribution is 7.99. The molecule has 2 aromatic carbocycles. The fourth-order valence-electron chi connectivity index (χ4n) is 3.87. The Morgan fingerprint density at radius 1 is 1.18 bits per heavy atom. The Hall–Kier alpha value is -3.92. The second-order valence-electron chi connectivity index (χ2n) is 7.50. The molecule has 3 heterocycles. The summed E-state index contributed by atoms with van der Waals surface area (Å²) in [5, 5.41) is 14.6. The third-order valence-electron chi connectivity index (χ3n) is 5.38. The van der Waals surface area contributed by atoms with Crippen LogP contribution >= 0.6 is 11.8 Å². The summed E-state index contributed by atoms with van der Waals surface area (Å²) in [5.41, 5.74) is 3.51. The van der Waals surface area contributed by atoms with Gasteiger partial charge in [-0.05, 0) is 38.1 Å². The summed E-state index contributed by atoms with van der Waals surface area (Å²) < 4.78 is 7.47. The quantitative estimate of drug-likeness (QED) is 0.319. The number of nitro groups is 1. The van der Waals surface area contributed by atoms with Crippen LogP contribution in [0.1, 0.15) is 17.1 Å². The van der Waals surface area contributed by atoms with Crippen LogP contribution in [0.15, 0.2) is 47.4 Å². The van der Waals surface area contributed by atoms with Crippen molar-refractivity contribution >= 4 is 46.2 Å². The van der Waals surface area contributed by atoms with Crippen LogP contribution in [-0.4, -0.2) is 37.3 Å². The molecule has 0 unspecified atom stereocenters. The first-order valence-electron chi connectivity index (χ1n) is 10.2. The number of aryl methyl sites for hydroxylation is 2. The molecule has 4 aromatic rings. The van der Waals surface area contributed by atoms with Crippen LogP contribution in [0.2, 0.25) is 0 Å². The number of fused-ring (bicyclic) bond motifs is 2. The van der Waals surface area contributed by atoms with E-state index in [4.69, 9.17) is 9.72 Å². The predicted octanol–water partition coefficient (Wildman–Crippen LogP) is 5.21. The SMILES string of the molecule is COc1cc(C)c([N+](=O)[O-])cc1Nc1nc2c(c(-n3c(C)nc4ccccc43)n1)SCC=C2. The fraction of sp³-hybridized carbons (Fsp3) is 0.174. The summed E-state index contributed by atoms with van der Waals surface area (Å²) in [4.78, 5) is 26.2. The number of nitro benzene ring substituents is 1. The van der Waals surface area contributed by atoms with E-state index in [9.17, 15) is 10.1 Å². The summed E-state index contributed by atoms with van der Waals surface area (Å²) in [6.45, 7) is 3.62. The highest BCUT2D eigenvalue weighted by atomic mass is 32.2. The second-order valence-corrected chi connectivity index (χ2v) is 8.53. The Morgan fingerprint density at radius 3 is 2.79 bits per heavy atom. The molecule has 1 aliphatic heterocycles. The average molecular weight is 461 g/mol. The lowest BCUT2D eigenvalue weighted by Crippen LogP contribution is -2.10. The van der Waals surface area contributed by atoms with E-state index in [0.29, 0.717) is 28.8 Å². The number of ether oxygens (including phenoxy) is 1. The van der Waals surface area contributed by atoms with Gasteiger partial charge in [-0.15, -0.1) is 11.8 Å².